The molecule has 0 aromatic heterocycles. The number of carboxylic acids is 1. The van der Waals surface area contributed by atoms with E-state index in [1.165, 1.54) is 18.9 Å². The maximum atomic E-state index is 13.2. The molecular formula is C26H35N3O4S. The van der Waals surface area contributed by atoms with Gasteiger partial charge < -0.3 is 14.9 Å². The van der Waals surface area contributed by atoms with Crippen molar-refractivity contribution in [2.75, 3.05) is 42.3 Å². The summed E-state index contributed by atoms with van der Waals surface area (Å²) >= 11 is 0. The molecule has 0 saturated carbocycles. The van der Waals surface area contributed by atoms with Gasteiger partial charge in [0.2, 0.25) is 0 Å². The molecule has 2 saturated heterocycles. The topological polar surface area (TPSA) is 89.9 Å². The quantitative estimate of drug-likeness (QED) is 0.567. The Labute approximate surface area is 202 Å². The van der Waals surface area contributed by atoms with Crippen LogP contribution in [0, 0.1) is 5.92 Å². The number of rotatable bonds is 8. The maximum Gasteiger partial charge on any atom is 0.335 e. The molecule has 2 aliphatic heterocycles. The molecule has 2 aromatic carbocycles. The van der Waals surface area contributed by atoms with E-state index < -0.39 is 16.0 Å². The van der Waals surface area contributed by atoms with Crippen LogP contribution in [0.25, 0.3) is 0 Å². The van der Waals surface area contributed by atoms with Gasteiger partial charge in [-0.15, -0.1) is 0 Å². The molecule has 0 radical (unpaired) electrons. The molecule has 0 bridgehead atoms. The van der Waals surface area contributed by atoms with Gasteiger partial charge in [0.1, 0.15) is 0 Å². The average molecular weight is 486 g/mol. The second-order valence-electron chi connectivity index (χ2n) is 9.83. The number of hydrogen-bond donors (Lipinski definition) is 2. The highest BCUT2D eigenvalue weighted by atomic mass is 32.2. The lowest BCUT2D eigenvalue weighted by Crippen LogP contribution is -2.40. The van der Waals surface area contributed by atoms with Gasteiger partial charge in [-0.2, -0.15) is 0 Å². The molecule has 1 atom stereocenters. The Hall–Kier alpha value is -2.58. The van der Waals surface area contributed by atoms with E-state index in [9.17, 15) is 18.3 Å². The van der Waals surface area contributed by atoms with Gasteiger partial charge in [-0.05, 0) is 86.5 Å². The summed E-state index contributed by atoms with van der Waals surface area (Å²) in [6, 6.07) is 11.6. The molecular weight excluding hydrogens is 450 g/mol. The van der Waals surface area contributed by atoms with Gasteiger partial charge in [0, 0.05) is 19.6 Å². The van der Waals surface area contributed by atoms with Crippen LogP contribution in [0.1, 0.15) is 61.4 Å². The molecule has 0 unspecified atom stereocenters. The Bertz CT molecular complexity index is 1110. The fourth-order valence-electron chi connectivity index (χ4n) is 5.03. The number of piperidine rings is 1. The first kappa shape index (κ1) is 24.5. The summed E-state index contributed by atoms with van der Waals surface area (Å²) < 4.78 is 29.1. The van der Waals surface area contributed by atoms with E-state index in [1.54, 1.807) is 24.3 Å². The Morgan fingerprint density at radius 2 is 1.76 bits per heavy atom. The van der Waals surface area contributed by atoms with E-state index in [4.69, 9.17) is 0 Å². The SMILES string of the molecule is CC(C)c1ccc(S(=O)(=O)Nc2cc(C(=O)O)ccc2N2CCC[C@H](CN3CCCC3)C2)cc1. The van der Waals surface area contributed by atoms with E-state index >= 15 is 0 Å². The minimum Gasteiger partial charge on any atom is -0.478 e. The summed E-state index contributed by atoms with van der Waals surface area (Å²) in [4.78, 5) is 16.5. The molecule has 2 fully saturated rings. The summed E-state index contributed by atoms with van der Waals surface area (Å²) in [7, 11) is -3.87. The van der Waals surface area contributed by atoms with Crippen molar-refractivity contribution in [2.45, 2.75) is 50.3 Å². The number of nitrogens with one attached hydrogen (secondary N) is 1. The normalized spacial score (nSPS) is 19.5. The minimum atomic E-state index is -3.87. The number of aromatic carboxylic acids is 1. The van der Waals surface area contributed by atoms with E-state index in [2.05, 4.69) is 28.4 Å². The van der Waals surface area contributed by atoms with Crippen molar-refractivity contribution in [3.63, 3.8) is 0 Å². The summed E-state index contributed by atoms with van der Waals surface area (Å²) in [5, 5.41) is 9.51. The third-order valence-corrected chi connectivity index (χ3v) is 8.30. The van der Waals surface area contributed by atoms with Crippen molar-refractivity contribution in [1.82, 2.24) is 4.90 Å². The van der Waals surface area contributed by atoms with Gasteiger partial charge in [-0.25, -0.2) is 13.2 Å². The molecule has 34 heavy (non-hydrogen) atoms. The van der Waals surface area contributed by atoms with Crippen molar-refractivity contribution in [3.8, 4) is 0 Å². The van der Waals surface area contributed by atoms with E-state index in [1.807, 2.05) is 12.1 Å². The number of carboxylic acid groups (broad SMARTS) is 1. The molecule has 184 valence electrons. The average Bonchev–Trinajstić information content (AvgIpc) is 3.32. The smallest absolute Gasteiger partial charge is 0.335 e. The molecule has 2 aromatic rings. The van der Waals surface area contributed by atoms with Gasteiger partial charge in [-0.3, -0.25) is 4.72 Å². The molecule has 0 aliphatic carbocycles. The molecule has 0 amide bonds. The number of nitrogens with zero attached hydrogens (tertiary/aromatic N) is 2. The number of sulfonamides is 1. The molecule has 2 heterocycles. The Kier molecular flexibility index (Phi) is 7.48. The summed E-state index contributed by atoms with van der Waals surface area (Å²) in [5.41, 5.74) is 2.17. The summed E-state index contributed by atoms with van der Waals surface area (Å²) in [6.45, 7) is 9.14. The number of benzene rings is 2. The van der Waals surface area contributed by atoms with Gasteiger partial charge in [0.15, 0.2) is 0 Å². The van der Waals surface area contributed by atoms with Crippen LogP contribution in [0.4, 0.5) is 11.4 Å². The highest BCUT2D eigenvalue weighted by Gasteiger charge is 2.26. The Balaban J connectivity index is 1.59. The van der Waals surface area contributed by atoms with Crippen LogP contribution in [-0.4, -0.2) is 57.1 Å². The predicted molar refractivity (Wildman–Crippen MR) is 135 cm³/mol. The van der Waals surface area contributed by atoms with Crippen molar-refractivity contribution in [1.29, 1.82) is 0 Å². The number of anilines is 2. The minimum absolute atomic E-state index is 0.0576. The van der Waals surface area contributed by atoms with Crippen LogP contribution in [0.15, 0.2) is 47.4 Å². The van der Waals surface area contributed by atoms with Crippen molar-refractivity contribution in [2.24, 2.45) is 5.92 Å². The Morgan fingerprint density at radius 3 is 2.41 bits per heavy atom. The zero-order chi connectivity index (χ0) is 24.3. The number of carbonyl (C=O) groups is 1. The zero-order valence-electron chi connectivity index (χ0n) is 20.0. The van der Waals surface area contributed by atoms with Crippen LogP contribution in [0.5, 0.6) is 0 Å². The lowest BCUT2D eigenvalue weighted by atomic mass is 9.96. The van der Waals surface area contributed by atoms with Gasteiger partial charge in [0.05, 0.1) is 21.8 Å². The van der Waals surface area contributed by atoms with Gasteiger partial charge in [0.25, 0.3) is 10.0 Å². The molecule has 2 N–H and O–H groups in total. The largest absolute Gasteiger partial charge is 0.478 e. The fourth-order valence-corrected chi connectivity index (χ4v) is 6.09. The van der Waals surface area contributed by atoms with Crippen molar-refractivity contribution >= 4 is 27.4 Å². The van der Waals surface area contributed by atoms with E-state index in [-0.39, 0.29) is 10.5 Å². The third kappa shape index (κ3) is 5.73. The van der Waals surface area contributed by atoms with Crippen molar-refractivity contribution < 1.29 is 18.3 Å². The third-order valence-electron chi connectivity index (χ3n) is 6.92. The first-order chi connectivity index (χ1) is 16.2. The van der Waals surface area contributed by atoms with Crippen LogP contribution in [0.3, 0.4) is 0 Å². The van der Waals surface area contributed by atoms with Gasteiger partial charge >= 0.3 is 5.97 Å². The van der Waals surface area contributed by atoms with Crippen LogP contribution >= 0.6 is 0 Å². The summed E-state index contributed by atoms with van der Waals surface area (Å²) in [5.74, 6) is -0.269. The van der Waals surface area contributed by atoms with Gasteiger partial charge in [-0.1, -0.05) is 26.0 Å². The number of likely N-dealkylation sites (tertiary alicyclic amines) is 1. The molecule has 7 nitrogen and oxygen atoms in total. The first-order valence-electron chi connectivity index (χ1n) is 12.2. The van der Waals surface area contributed by atoms with Crippen LogP contribution in [-0.2, 0) is 10.0 Å². The first-order valence-corrected chi connectivity index (χ1v) is 13.7. The predicted octanol–water partition coefficient (Wildman–Crippen LogP) is 4.62. The second kappa shape index (κ2) is 10.4. The van der Waals surface area contributed by atoms with E-state index in [0.717, 1.165) is 56.8 Å². The lowest BCUT2D eigenvalue weighted by Gasteiger charge is -2.37. The van der Waals surface area contributed by atoms with E-state index in [0.29, 0.717) is 17.5 Å². The molecule has 8 heteroatoms. The highest BCUT2D eigenvalue weighted by Crippen LogP contribution is 2.33. The molecule has 0 spiro atoms. The molecule has 4 rings (SSSR count). The van der Waals surface area contributed by atoms with Crippen molar-refractivity contribution in [3.05, 3.63) is 53.6 Å². The highest BCUT2D eigenvalue weighted by molar-refractivity contribution is 7.92. The van der Waals surface area contributed by atoms with Crippen LogP contribution in [0.2, 0.25) is 0 Å². The fraction of sp³-hybridized carbons (Fsp3) is 0.500. The number of hydrogen-bond acceptors (Lipinski definition) is 5. The standard InChI is InChI=1S/C26H35N3O4S/c1-19(2)21-7-10-23(11-8-21)34(32,33)27-24-16-22(26(30)31)9-12-25(24)29-15-5-6-20(18-29)17-28-13-3-4-14-28/h7-12,16,19-20,27H,3-6,13-15,17-18H2,1-2H3,(H,30,31)/t20-/m1/s1. The monoisotopic (exact) mass is 485 g/mol. The summed E-state index contributed by atoms with van der Waals surface area (Å²) in [6.07, 6.45) is 4.71. The lowest BCUT2D eigenvalue weighted by molar-refractivity contribution is 0.0697. The van der Waals surface area contributed by atoms with Crippen LogP contribution < -0.4 is 9.62 Å². The zero-order valence-corrected chi connectivity index (χ0v) is 20.9. The Morgan fingerprint density at radius 1 is 1.06 bits per heavy atom. The second-order valence-corrected chi connectivity index (χ2v) is 11.5. The molecule has 2 aliphatic rings. The maximum absolute atomic E-state index is 13.2.